The second-order valence-corrected chi connectivity index (χ2v) is 5.70. The number of thiophene rings is 1. The van der Waals surface area contributed by atoms with Gasteiger partial charge in [-0.1, -0.05) is 5.92 Å². The lowest BCUT2D eigenvalue weighted by Gasteiger charge is -2.19. The van der Waals surface area contributed by atoms with Crippen molar-refractivity contribution in [3.05, 3.63) is 16.2 Å². The molecule has 0 saturated carbocycles. The molecule has 3 nitrogen and oxygen atoms in total. The SMILES string of the molecule is C#CC(C)(C)Oc1nc(Cl)nc2sc(C)cc12. The number of terminal acetylenes is 1. The number of nitrogens with zero attached hydrogens (tertiary/aromatic N) is 2. The van der Waals surface area contributed by atoms with Crippen molar-refractivity contribution in [1.82, 2.24) is 9.97 Å². The fraction of sp³-hybridized carbons (Fsp3) is 0.333. The summed E-state index contributed by atoms with van der Waals surface area (Å²) in [5.74, 6) is 3.00. The Kier molecular flexibility index (Phi) is 2.98. The predicted octanol–water partition coefficient (Wildman–Crippen LogP) is 3.44. The Morgan fingerprint density at radius 3 is 2.82 bits per heavy atom. The summed E-state index contributed by atoms with van der Waals surface area (Å²) in [5.41, 5.74) is -0.722. The lowest BCUT2D eigenvalue weighted by Crippen LogP contribution is -2.26. The molecule has 0 radical (unpaired) electrons. The summed E-state index contributed by atoms with van der Waals surface area (Å²) in [6.07, 6.45) is 5.39. The van der Waals surface area contributed by atoms with Crippen LogP contribution in [-0.4, -0.2) is 15.6 Å². The van der Waals surface area contributed by atoms with Gasteiger partial charge in [0, 0.05) is 4.88 Å². The van der Waals surface area contributed by atoms with Gasteiger partial charge in [-0.25, -0.2) is 4.98 Å². The Labute approximate surface area is 109 Å². The smallest absolute Gasteiger partial charge is 0.228 e. The van der Waals surface area contributed by atoms with Crippen LogP contribution in [0.4, 0.5) is 0 Å². The van der Waals surface area contributed by atoms with Crippen LogP contribution in [0.1, 0.15) is 18.7 Å². The third kappa shape index (κ3) is 2.51. The van der Waals surface area contributed by atoms with E-state index in [-0.39, 0.29) is 5.28 Å². The fourth-order valence-electron chi connectivity index (χ4n) is 1.34. The van der Waals surface area contributed by atoms with Gasteiger partial charge < -0.3 is 4.74 Å². The summed E-state index contributed by atoms with van der Waals surface area (Å²) in [6, 6.07) is 1.97. The molecule has 5 heteroatoms. The van der Waals surface area contributed by atoms with Crippen LogP contribution >= 0.6 is 22.9 Å². The molecule has 88 valence electrons. The zero-order valence-electron chi connectivity index (χ0n) is 9.74. The van der Waals surface area contributed by atoms with Gasteiger partial charge in [-0.15, -0.1) is 17.8 Å². The van der Waals surface area contributed by atoms with Gasteiger partial charge in [-0.05, 0) is 38.4 Å². The van der Waals surface area contributed by atoms with Crippen molar-refractivity contribution in [2.24, 2.45) is 0 Å². The van der Waals surface area contributed by atoms with Crippen molar-refractivity contribution in [3.63, 3.8) is 0 Å². The molecule has 17 heavy (non-hydrogen) atoms. The second kappa shape index (κ2) is 4.17. The first kappa shape index (κ1) is 12.2. The molecule has 0 aliphatic heterocycles. The summed E-state index contributed by atoms with van der Waals surface area (Å²) in [7, 11) is 0. The van der Waals surface area contributed by atoms with Crippen LogP contribution in [-0.2, 0) is 0 Å². The van der Waals surface area contributed by atoms with Gasteiger partial charge in [0.15, 0.2) is 5.60 Å². The summed E-state index contributed by atoms with van der Waals surface area (Å²) in [4.78, 5) is 10.2. The van der Waals surface area contributed by atoms with Crippen LogP contribution in [0.5, 0.6) is 5.88 Å². The molecule has 2 heterocycles. The van der Waals surface area contributed by atoms with Crippen molar-refractivity contribution in [2.75, 3.05) is 0 Å². The van der Waals surface area contributed by atoms with Crippen LogP contribution < -0.4 is 4.74 Å². The van der Waals surface area contributed by atoms with E-state index in [4.69, 9.17) is 22.8 Å². The minimum absolute atomic E-state index is 0.169. The number of aromatic nitrogens is 2. The molecule has 0 N–H and O–H groups in total. The highest BCUT2D eigenvalue weighted by Crippen LogP contribution is 2.32. The van der Waals surface area contributed by atoms with E-state index < -0.39 is 5.60 Å². The lowest BCUT2D eigenvalue weighted by molar-refractivity contribution is 0.167. The number of hydrogen-bond donors (Lipinski definition) is 0. The number of halogens is 1. The van der Waals surface area contributed by atoms with Crippen molar-refractivity contribution < 1.29 is 4.74 Å². The highest BCUT2D eigenvalue weighted by atomic mass is 35.5. The molecular formula is C12H11ClN2OS. The van der Waals surface area contributed by atoms with Gasteiger partial charge in [0.1, 0.15) is 4.83 Å². The number of aryl methyl sites for hydroxylation is 1. The van der Waals surface area contributed by atoms with Gasteiger partial charge in [0.25, 0.3) is 0 Å². The molecule has 2 aromatic heterocycles. The van der Waals surface area contributed by atoms with E-state index in [0.29, 0.717) is 5.88 Å². The normalized spacial score (nSPS) is 11.5. The molecular weight excluding hydrogens is 256 g/mol. The molecule has 0 bridgehead atoms. The van der Waals surface area contributed by atoms with Gasteiger partial charge in [-0.3, -0.25) is 0 Å². The lowest BCUT2D eigenvalue weighted by atomic mass is 10.1. The third-order valence-corrected chi connectivity index (χ3v) is 3.27. The average Bonchev–Trinajstić information content (AvgIpc) is 2.58. The maximum Gasteiger partial charge on any atom is 0.228 e. The van der Waals surface area contributed by atoms with Gasteiger partial charge in [0.05, 0.1) is 5.39 Å². The molecule has 0 amide bonds. The average molecular weight is 267 g/mol. The molecule has 2 rings (SSSR count). The Morgan fingerprint density at radius 2 is 2.18 bits per heavy atom. The third-order valence-electron chi connectivity index (χ3n) is 2.15. The standard InChI is InChI=1S/C12H11ClN2OS/c1-5-12(3,4)16-9-8-6-7(2)17-10(8)15-11(13)14-9/h1,6H,2-4H3. The number of ether oxygens (including phenoxy) is 1. The quantitative estimate of drug-likeness (QED) is 0.617. The van der Waals surface area contributed by atoms with E-state index in [0.717, 1.165) is 15.1 Å². The molecule has 0 spiro atoms. The van der Waals surface area contributed by atoms with Gasteiger partial charge >= 0.3 is 0 Å². The van der Waals surface area contributed by atoms with E-state index in [1.807, 2.05) is 13.0 Å². The van der Waals surface area contributed by atoms with Crippen LogP contribution in [0, 0.1) is 19.3 Å². The van der Waals surface area contributed by atoms with Crippen LogP contribution in [0.15, 0.2) is 6.07 Å². The summed E-state index contributed by atoms with van der Waals surface area (Å²) in [5, 5.41) is 1.02. The van der Waals surface area contributed by atoms with E-state index >= 15 is 0 Å². The first-order chi connectivity index (χ1) is 7.91. The zero-order chi connectivity index (χ0) is 12.6. The Balaban J connectivity index is 2.57. The van der Waals surface area contributed by atoms with Gasteiger partial charge in [0.2, 0.25) is 11.2 Å². The molecule has 2 aromatic rings. The highest BCUT2D eigenvalue weighted by Gasteiger charge is 2.20. The van der Waals surface area contributed by atoms with Crippen LogP contribution in [0.2, 0.25) is 5.28 Å². The van der Waals surface area contributed by atoms with Gasteiger partial charge in [-0.2, -0.15) is 4.98 Å². The maximum absolute atomic E-state index is 5.86. The van der Waals surface area contributed by atoms with E-state index in [1.165, 1.54) is 0 Å². The number of hydrogen-bond acceptors (Lipinski definition) is 4. The summed E-state index contributed by atoms with van der Waals surface area (Å²) >= 11 is 7.40. The number of fused-ring (bicyclic) bond motifs is 1. The largest absolute Gasteiger partial charge is 0.458 e. The van der Waals surface area contributed by atoms with Crippen molar-refractivity contribution in [3.8, 4) is 18.2 Å². The Bertz CT molecular complexity index is 613. The second-order valence-electron chi connectivity index (χ2n) is 4.13. The molecule has 0 aromatic carbocycles. The minimum Gasteiger partial charge on any atom is -0.458 e. The van der Waals surface area contributed by atoms with E-state index in [9.17, 15) is 0 Å². The first-order valence-electron chi connectivity index (χ1n) is 5.02. The molecule has 0 saturated heterocycles. The van der Waals surface area contributed by atoms with E-state index in [1.54, 1.807) is 25.2 Å². The topological polar surface area (TPSA) is 35.0 Å². The first-order valence-corrected chi connectivity index (χ1v) is 6.21. The summed E-state index contributed by atoms with van der Waals surface area (Å²) < 4.78 is 5.69. The Hall–Kier alpha value is -1.31. The zero-order valence-corrected chi connectivity index (χ0v) is 11.3. The van der Waals surface area contributed by atoms with Crippen LogP contribution in [0.3, 0.4) is 0 Å². The molecule has 0 aliphatic carbocycles. The van der Waals surface area contributed by atoms with Crippen molar-refractivity contribution in [1.29, 1.82) is 0 Å². The molecule has 0 atom stereocenters. The highest BCUT2D eigenvalue weighted by molar-refractivity contribution is 7.18. The minimum atomic E-state index is -0.722. The molecule has 0 unspecified atom stereocenters. The Morgan fingerprint density at radius 1 is 1.47 bits per heavy atom. The summed E-state index contributed by atoms with van der Waals surface area (Å²) in [6.45, 7) is 5.60. The predicted molar refractivity (Wildman–Crippen MR) is 70.7 cm³/mol. The fourth-order valence-corrected chi connectivity index (χ4v) is 2.42. The molecule has 0 fully saturated rings. The maximum atomic E-state index is 5.86. The monoisotopic (exact) mass is 266 g/mol. The van der Waals surface area contributed by atoms with Crippen molar-refractivity contribution >= 4 is 33.2 Å². The molecule has 0 aliphatic rings. The van der Waals surface area contributed by atoms with Crippen molar-refractivity contribution in [2.45, 2.75) is 26.4 Å². The van der Waals surface area contributed by atoms with E-state index in [2.05, 4.69) is 15.9 Å². The van der Waals surface area contributed by atoms with Crippen LogP contribution in [0.25, 0.3) is 10.2 Å². The number of rotatable bonds is 2.